The maximum absolute atomic E-state index is 12.6. The number of nitrogens with two attached hydrogens (primary N) is 2. The van der Waals surface area contributed by atoms with Crippen molar-refractivity contribution in [2.24, 2.45) is 5.73 Å². The number of anilines is 1. The first-order chi connectivity index (χ1) is 21.6. The van der Waals surface area contributed by atoms with Crippen LogP contribution in [0.25, 0.3) is 11.2 Å². The third-order valence-electron chi connectivity index (χ3n) is 7.25. The summed E-state index contributed by atoms with van der Waals surface area (Å²) in [5.41, 5.74) is 8.85. The van der Waals surface area contributed by atoms with E-state index < -0.39 is 83.3 Å². The van der Waals surface area contributed by atoms with E-state index in [9.17, 15) is 48.9 Å². The maximum atomic E-state index is 12.6. The highest BCUT2D eigenvalue weighted by atomic mass is 31.3. The molecule has 2 aromatic heterocycles. The van der Waals surface area contributed by atoms with E-state index >= 15 is 0 Å². The first-order valence-electron chi connectivity index (χ1n) is 13.1. The molecule has 0 radical (unpaired) electrons. The summed E-state index contributed by atoms with van der Waals surface area (Å²) in [6, 6.07) is 0. The predicted octanol–water partition coefficient (Wildman–Crippen LogP) is -3.12. The zero-order valence-electron chi connectivity index (χ0n) is 23.3. The molecule has 10 atom stereocenters. The monoisotopic (exact) mass is 693 g/mol. The number of ether oxygens (including phenoxy) is 2. The van der Waals surface area contributed by atoms with E-state index in [2.05, 4.69) is 28.3 Å². The van der Waals surface area contributed by atoms with E-state index in [1.165, 1.54) is 23.4 Å². The Morgan fingerprint density at radius 2 is 1.80 bits per heavy atom. The maximum Gasteiger partial charge on any atom is 0.481 e. The minimum Gasteiger partial charge on any atom is -0.387 e. The summed E-state index contributed by atoms with van der Waals surface area (Å²) >= 11 is 0. The van der Waals surface area contributed by atoms with E-state index in [1.54, 1.807) is 0 Å². The van der Waals surface area contributed by atoms with Crippen LogP contribution < -0.4 is 11.5 Å². The number of rotatable bonds is 12. The number of fused-ring (bicyclic) bond motifs is 1. The van der Waals surface area contributed by atoms with Crippen molar-refractivity contribution in [3.63, 3.8) is 0 Å². The molecule has 2 unspecified atom stereocenters. The summed E-state index contributed by atoms with van der Waals surface area (Å²) in [7, 11) is -11.1. The van der Waals surface area contributed by atoms with E-state index in [0.29, 0.717) is 0 Å². The van der Waals surface area contributed by atoms with Gasteiger partial charge in [-0.1, -0.05) is 6.08 Å². The molecule has 3 aliphatic heterocycles. The fourth-order valence-electron chi connectivity index (χ4n) is 4.88. The number of hydrogen-bond donors (Lipinski definition) is 8. The second-order valence-electron chi connectivity index (χ2n) is 10.3. The number of aromatic nitrogens is 4. The van der Waals surface area contributed by atoms with Crippen molar-refractivity contribution in [2.45, 2.75) is 55.0 Å². The number of nitrogens with zero attached hydrogens (tertiary/aromatic N) is 5. The molecule has 252 valence electrons. The van der Waals surface area contributed by atoms with E-state index in [0.717, 1.165) is 17.2 Å². The lowest BCUT2D eigenvalue weighted by molar-refractivity contribution is -0.150. The molecule has 2 fully saturated rings. The van der Waals surface area contributed by atoms with Gasteiger partial charge < -0.3 is 56.1 Å². The molecular weight excluding hydrogens is 664 g/mol. The number of allylic oxidation sites excluding steroid dienone is 1. The van der Waals surface area contributed by atoms with E-state index in [4.69, 9.17) is 20.9 Å². The van der Waals surface area contributed by atoms with Gasteiger partial charge in [0.1, 0.15) is 42.4 Å². The molecule has 22 nitrogen and oxygen atoms in total. The highest BCUT2D eigenvalue weighted by Gasteiger charge is 2.57. The van der Waals surface area contributed by atoms with Crippen LogP contribution in [0, 0.1) is 0 Å². The van der Waals surface area contributed by atoms with Gasteiger partial charge in [-0.05, 0) is 6.42 Å². The molecule has 5 heterocycles. The molecule has 10 N–H and O–H groups in total. The van der Waals surface area contributed by atoms with Crippen LogP contribution >= 0.6 is 15.6 Å². The fraction of sp³-hybridized carbons (Fsp3) is 0.500. The largest absolute Gasteiger partial charge is 0.481 e. The van der Waals surface area contributed by atoms with Crippen LogP contribution in [0.5, 0.6) is 0 Å². The molecule has 3 aliphatic rings. The van der Waals surface area contributed by atoms with Crippen LogP contribution in [0.1, 0.15) is 12.6 Å². The standard InChI is InChI=1S/C22H29N7O15P2/c23-17-12-19(26-8-25-17)29(9-27-12)21-15(33)16(34)22(6-30,43-21)7-41-46(38,39)44-45(36,37)40-5-11-13(31)14(32)20(42-11)28-3-1-2-10(4-28)18(24)35/h1,3-4,6,8-9,11,13-16,20-21,31-34H,2,5,7H2,(H2,24,35)(H,36,37)(H,38,39)(H2,23,25,26)/t11-,13-,14-,15-,16+,20-,21-,22-/m1/s1. The van der Waals surface area contributed by atoms with Crippen LogP contribution in [-0.4, -0.2) is 122 Å². The Labute approximate surface area is 257 Å². The SMILES string of the molecule is NC(=O)C1=CN([C@@H]2O[C@H](COP(=O)(O)OP(=O)(O)OC[C@@]3(C=O)O[C@@H](n4cnc5c(N)ncnc54)[C@H](O)[C@@H]3O)[C@@H](O)[C@H]2O)C=CC1. The second-order valence-corrected chi connectivity index (χ2v) is 13.3. The summed E-state index contributed by atoms with van der Waals surface area (Å²) in [5, 5.41) is 42.0. The number of phosphoric acid groups is 2. The minimum absolute atomic E-state index is 0.0158. The van der Waals surface area contributed by atoms with Crippen molar-refractivity contribution in [1.82, 2.24) is 24.4 Å². The van der Waals surface area contributed by atoms with Gasteiger partial charge in [0.05, 0.1) is 19.5 Å². The van der Waals surface area contributed by atoms with Crippen molar-refractivity contribution in [1.29, 1.82) is 0 Å². The first kappa shape index (κ1) is 34.1. The van der Waals surface area contributed by atoms with Crippen molar-refractivity contribution in [3.8, 4) is 0 Å². The molecule has 2 aromatic rings. The Kier molecular flexibility index (Phi) is 9.48. The highest BCUT2D eigenvalue weighted by molar-refractivity contribution is 7.61. The van der Waals surface area contributed by atoms with Gasteiger partial charge in [-0.3, -0.25) is 23.2 Å². The number of carbonyl (C=O) groups is 2. The molecule has 24 heteroatoms. The number of hydrogen-bond acceptors (Lipinski definition) is 18. The van der Waals surface area contributed by atoms with Gasteiger partial charge in [0.15, 0.2) is 35.8 Å². The second kappa shape index (κ2) is 12.8. The Morgan fingerprint density at radius 1 is 1.09 bits per heavy atom. The van der Waals surface area contributed by atoms with E-state index in [1.807, 2.05) is 0 Å². The molecular formula is C22H29N7O15P2. The Bertz CT molecular complexity index is 1660. The first-order valence-corrected chi connectivity index (χ1v) is 16.1. The molecule has 0 aromatic carbocycles. The van der Waals surface area contributed by atoms with Gasteiger partial charge in [-0.25, -0.2) is 24.1 Å². The number of phosphoric ester groups is 2. The lowest BCUT2D eigenvalue weighted by Gasteiger charge is -2.28. The third kappa shape index (κ3) is 6.62. The van der Waals surface area contributed by atoms with Gasteiger partial charge in [0, 0.05) is 18.0 Å². The molecule has 0 bridgehead atoms. The summed E-state index contributed by atoms with van der Waals surface area (Å²) in [6.07, 6.45) is -4.81. The average Bonchev–Trinajstić information content (AvgIpc) is 3.64. The molecule has 46 heavy (non-hydrogen) atoms. The fourth-order valence-corrected chi connectivity index (χ4v) is 7.00. The highest BCUT2D eigenvalue weighted by Crippen LogP contribution is 2.61. The smallest absolute Gasteiger partial charge is 0.387 e. The lowest BCUT2D eigenvalue weighted by Crippen LogP contribution is -2.48. The number of nitrogen functional groups attached to an aromatic ring is 1. The lowest BCUT2D eigenvalue weighted by atomic mass is 9.98. The number of aliphatic hydroxyl groups excluding tert-OH is 4. The number of aliphatic hydroxyl groups is 4. The number of imidazole rings is 1. The molecule has 0 spiro atoms. The molecule has 2 saturated heterocycles. The predicted molar refractivity (Wildman–Crippen MR) is 147 cm³/mol. The average molecular weight is 693 g/mol. The summed E-state index contributed by atoms with van der Waals surface area (Å²) in [4.78, 5) is 56.7. The molecule has 0 aliphatic carbocycles. The zero-order valence-corrected chi connectivity index (χ0v) is 25.1. The van der Waals surface area contributed by atoms with Crippen molar-refractivity contribution >= 4 is 44.8 Å². The van der Waals surface area contributed by atoms with Gasteiger partial charge in [-0.15, -0.1) is 0 Å². The minimum atomic E-state index is -5.58. The number of amides is 1. The number of primary amides is 1. The summed E-state index contributed by atoms with van der Waals surface area (Å²) in [5.74, 6) is -0.747. The van der Waals surface area contributed by atoms with Crippen LogP contribution in [0.3, 0.4) is 0 Å². The van der Waals surface area contributed by atoms with Gasteiger partial charge in [0.2, 0.25) is 5.91 Å². The Morgan fingerprint density at radius 3 is 2.50 bits per heavy atom. The molecule has 1 amide bonds. The number of carbonyl (C=O) groups excluding carboxylic acids is 2. The van der Waals surface area contributed by atoms with Crippen LogP contribution in [0.15, 0.2) is 36.7 Å². The zero-order chi connectivity index (χ0) is 33.6. The van der Waals surface area contributed by atoms with Crippen molar-refractivity contribution in [2.75, 3.05) is 18.9 Å². The number of aldehydes is 1. The topological polar surface area (TPSA) is 335 Å². The molecule has 0 saturated carbocycles. The van der Waals surface area contributed by atoms with Gasteiger partial charge in [0.25, 0.3) is 0 Å². The van der Waals surface area contributed by atoms with Crippen molar-refractivity contribution < 1.29 is 71.8 Å². The summed E-state index contributed by atoms with van der Waals surface area (Å²) in [6.45, 7) is -2.22. The van der Waals surface area contributed by atoms with Crippen LogP contribution in [0.2, 0.25) is 0 Å². The molecule has 5 rings (SSSR count). The van der Waals surface area contributed by atoms with Crippen LogP contribution in [-0.2, 0) is 41.6 Å². The summed E-state index contributed by atoms with van der Waals surface area (Å²) < 4.78 is 50.8. The Balaban J connectivity index is 1.20. The van der Waals surface area contributed by atoms with Gasteiger partial charge >= 0.3 is 15.6 Å². The Hall–Kier alpha value is -3.21. The van der Waals surface area contributed by atoms with Crippen LogP contribution in [0.4, 0.5) is 5.82 Å². The van der Waals surface area contributed by atoms with Crippen molar-refractivity contribution in [3.05, 3.63) is 36.7 Å². The van der Waals surface area contributed by atoms with E-state index in [-0.39, 0.29) is 35.3 Å². The quantitative estimate of drug-likeness (QED) is 0.0805. The normalized spacial score (nSPS) is 33.9. The van der Waals surface area contributed by atoms with Gasteiger partial charge in [-0.2, -0.15) is 4.31 Å². The third-order valence-corrected chi connectivity index (χ3v) is 9.83.